The number of nitrogens with one attached hydrogen (secondary N) is 3. The fraction of sp³-hybridized carbons (Fsp3) is 0.217. The second-order valence-electron chi connectivity index (χ2n) is 7.46. The maximum atomic E-state index is 12.5. The zero-order valence-corrected chi connectivity index (χ0v) is 18.6. The van der Waals surface area contributed by atoms with Crippen molar-refractivity contribution < 1.29 is 22.4 Å². The van der Waals surface area contributed by atoms with Gasteiger partial charge in [0.15, 0.2) is 0 Å². The molecule has 0 unspecified atom stereocenters. The molecule has 168 valence electrons. The Morgan fingerprint density at radius 1 is 0.969 bits per heavy atom. The average molecular weight is 456 g/mol. The molecule has 0 saturated carbocycles. The second-order valence-corrected chi connectivity index (χ2v) is 9.22. The summed E-state index contributed by atoms with van der Waals surface area (Å²) in [6.07, 6.45) is 1.47. The molecule has 32 heavy (non-hydrogen) atoms. The highest BCUT2D eigenvalue weighted by Gasteiger charge is 2.15. The maximum Gasteiger partial charge on any atom is 0.251 e. The minimum absolute atomic E-state index is 0.0360. The van der Waals surface area contributed by atoms with E-state index in [9.17, 15) is 18.0 Å². The third-order valence-electron chi connectivity index (χ3n) is 4.62. The van der Waals surface area contributed by atoms with Crippen LogP contribution in [0.25, 0.3) is 0 Å². The molecular weight excluding hydrogens is 430 g/mol. The quantitative estimate of drug-likeness (QED) is 0.458. The van der Waals surface area contributed by atoms with Crippen molar-refractivity contribution in [3.05, 3.63) is 83.8 Å². The van der Waals surface area contributed by atoms with E-state index >= 15 is 0 Å². The van der Waals surface area contributed by atoms with Gasteiger partial charge >= 0.3 is 0 Å². The van der Waals surface area contributed by atoms with Crippen molar-refractivity contribution in [1.29, 1.82) is 0 Å². The lowest BCUT2D eigenvalue weighted by Gasteiger charge is -2.10. The van der Waals surface area contributed by atoms with Crippen LogP contribution in [0.5, 0.6) is 0 Å². The highest BCUT2D eigenvalue weighted by molar-refractivity contribution is 7.89. The van der Waals surface area contributed by atoms with Crippen LogP contribution in [0.2, 0.25) is 0 Å². The van der Waals surface area contributed by atoms with Crippen LogP contribution < -0.4 is 15.4 Å². The van der Waals surface area contributed by atoms with E-state index in [2.05, 4.69) is 15.4 Å². The number of rotatable bonds is 9. The first-order valence-corrected chi connectivity index (χ1v) is 11.5. The summed E-state index contributed by atoms with van der Waals surface area (Å²) >= 11 is 0. The molecule has 1 aromatic heterocycles. The van der Waals surface area contributed by atoms with E-state index in [1.807, 2.05) is 19.9 Å². The summed E-state index contributed by atoms with van der Waals surface area (Å²) < 4.78 is 32.3. The minimum atomic E-state index is -3.73. The summed E-state index contributed by atoms with van der Waals surface area (Å²) in [4.78, 5) is 24.3. The number of benzene rings is 2. The van der Waals surface area contributed by atoms with Crippen molar-refractivity contribution in [1.82, 2.24) is 10.0 Å². The van der Waals surface area contributed by atoms with Gasteiger partial charge < -0.3 is 15.1 Å². The van der Waals surface area contributed by atoms with Crippen LogP contribution in [0.15, 0.2) is 76.2 Å². The zero-order valence-electron chi connectivity index (χ0n) is 17.8. The normalized spacial score (nSPS) is 11.3. The molecule has 8 nitrogen and oxygen atoms in total. The molecule has 0 radical (unpaired) electrons. The zero-order chi connectivity index (χ0) is 23.1. The van der Waals surface area contributed by atoms with Crippen molar-refractivity contribution >= 4 is 27.5 Å². The first kappa shape index (κ1) is 23.2. The number of carbonyl (C=O) groups is 2. The molecule has 0 aliphatic heterocycles. The van der Waals surface area contributed by atoms with Crippen molar-refractivity contribution in [2.75, 3.05) is 5.32 Å². The monoisotopic (exact) mass is 455 g/mol. The Hall–Kier alpha value is -3.43. The van der Waals surface area contributed by atoms with Gasteiger partial charge in [0, 0.05) is 23.7 Å². The molecular formula is C23H25N3O5S. The molecule has 0 aliphatic carbocycles. The van der Waals surface area contributed by atoms with Gasteiger partial charge in [-0.25, -0.2) is 13.1 Å². The van der Waals surface area contributed by atoms with Gasteiger partial charge in [-0.1, -0.05) is 26.0 Å². The Bertz CT molecular complexity index is 1170. The molecule has 2 amide bonds. The van der Waals surface area contributed by atoms with Gasteiger partial charge in [0.2, 0.25) is 15.9 Å². The van der Waals surface area contributed by atoms with Gasteiger partial charge in [-0.2, -0.15) is 0 Å². The van der Waals surface area contributed by atoms with E-state index in [1.54, 1.807) is 30.3 Å². The molecule has 0 aliphatic rings. The number of furan rings is 1. The molecule has 1 heterocycles. The fourth-order valence-electron chi connectivity index (χ4n) is 2.78. The Balaban J connectivity index is 1.57. The average Bonchev–Trinajstić information content (AvgIpc) is 3.30. The van der Waals surface area contributed by atoms with Gasteiger partial charge in [0.25, 0.3) is 5.91 Å². The number of carbonyl (C=O) groups excluding carboxylic acids is 2. The van der Waals surface area contributed by atoms with Gasteiger partial charge in [0.1, 0.15) is 5.76 Å². The number of anilines is 1. The van der Waals surface area contributed by atoms with Crippen molar-refractivity contribution in [2.45, 2.75) is 31.8 Å². The highest BCUT2D eigenvalue weighted by atomic mass is 32.2. The van der Waals surface area contributed by atoms with Crippen molar-refractivity contribution in [3.8, 4) is 0 Å². The minimum Gasteiger partial charge on any atom is -0.468 e. The number of hydrogen-bond acceptors (Lipinski definition) is 5. The molecule has 0 spiro atoms. The van der Waals surface area contributed by atoms with Crippen LogP contribution >= 0.6 is 0 Å². The number of sulfonamides is 1. The molecule has 0 saturated heterocycles. The van der Waals surface area contributed by atoms with E-state index in [1.165, 1.54) is 30.5 Å². The van der Waals surface area contributed by atoms with Crippen LogP contribution in [0.3, 0.4) is 0 Å². The topological polar surface area (TPSA) is 118 Å². The lowest BCUT2D eigenvalue weighted by Crippen LogP contribution is -2.24. The summed E-state index contributed by atoms with van der Waals surface area (Å²) in [6.45, 7) is 3.92. The van der Waals surface area contributed by atoms with Gasteiger partial charge in [0.05, 0.1) is 17.7 Å². The molecule has 3 N–H and O–H groups in total. The second kappa shape index (κ2) is 10.3. The van der Waals surface area contributed by atoms with E-state index in [0.29, 0.717) is 17.0 Å². The SMILES string of the molecule is CC(C)C(=O)Nc1cccc(CNC(=O)c2ccc(S(=O)(=O)NCc3ccco3)cc2)c1. The van der Waals surface area contributed by atoms with Crippen LogP contribution in [0.4, 0.5) is 5.69 Å². The van der Waals surface area contributed by atoms with Gasteiger partial charge in [-0.3, -0.25) is 9.59 Å². The Morgan fingerprint density at radius 2 is 1.72 bits per heavy atom. The van der Waals surface area contributed by atoms with Crippen molar-refractivity contribution in [3.63, 3.8) is 0 Å². The van der Waals surface area contributed by atoms with Gasteiger partial charge in [-0.15, -0.1) is 0 Å². The Labute approximate surface area is 187 Å². The van der Waals surface area contributed by atoms with Gasteiger partial charge in [-0.05, 0) is 54.1 Å². The molecule has 9 heteroatoms. The number of hydrogen-bond donors (Lipinski definition) is 3. The largest absolute Gasteiger partial charge is 0.468 e. The molecule has 0 bridgehead atoms. The summed E-state index contributed by atoms with van der Waals surface area (Å²) in [6, 6.07) is 16.2. The van der Waals surface area contributed by atoms with E-state index in [-0.39, 0.29) is 35.7 Å². The predicted octanol–water partition coefficient (Wildman–Crippen LogP) is 3.28. The third kappa shape index (κ3) is 6.29. The molecule has 2 aromatic carbocycles. The summed E-state index contributed by atoms with van der Waals surface area (Å²) in [5, 5.41) is 5.61. The predicted molar refractivity (Wildman–Crippen MR) is 120 cm³/mol. The van der Waals surface area contributed by atoms with Crippen LogP contribution in [-0.2, 0) is 27.9 Å². The van der Waals surface area contributed by atoms with Crippen molar-refractivity contribution in [2.24, 2.45) is 5.92 Å². The highest BCUT2D eigenvalue weighted by Crippen LogP contribution is 2.14. The smallest absolute Gasteiger partial charge is 0.251 e. The summed E-state index contributed by atoms with van der Waals surface area (Å²) in [7, 11) is -3.73. The standard InChI is InChI=1S/C23H25N3O5S/c1-16(2)22(27)26-19-6-3-5-17(13-19)14-24-23(28)18-8-10-21(11-9-18)32(29,30)25-15-20-7-4-12-31-20/h3-13,16,25H,14-15H2,1-2H3,(H,24,28)(H,26,27). The Morgan fingerprint density at radius 3 is 2.38 bits per heavy atom. The molecule has 0 fully saturated rings. The van der Waals surface area contributed by atoms with E-state index < -0.39 is 10.0 Å². The van der Waals surface area contributed by atoms with E-state index in [4.69, 9.17) is 4.42 Å². The molecule has 3 aromatic rings. The van der Waals surface area contributed by atoms with Crippen LogP contribution in [0, 0.1) is 5.92 Å². The first-order chi connectivity index (χ1) is 15.2. The van der Waals surface area contributed by atoms with Crippen LogP contribution in [0.1, 0.15) is 35.5 Å². The Kier molecular flexibility index (Phi) is 7.45. The first-order valence-electron chi connectivity index (χ1n) is 10.0. The van der Waals surface area contributed by atoms with Crippen LogP contribution in [-0.4, -0.2) is 20.2 Å². The number of amides is 2. The molecule has 0 atom stereocenters. The maximum absolute atomic E-state index is 12.5. The lowest BCUT2D eigenvalue weighted by atomic mass is 10.1. The fourth-order valence-corrected chi connectivity index (χ4v) is 3.77. The van der Waals surface area contributed by atoms with E-state index in [0.717, 1.165) is 5.56 Å². The lowest BCUT2D eigenvalue weighted by molar-refractivity contribution is -0.118. The summed E-state index contributed by atoms with van der Waals surface area (Å²) in [5.74, 6) is -0.0584. The third-order valence-corrected chi connectivity index (χ3v) is 6.03. The molecule has 3 rings (SSSR count). The summed E-state index contributed by atoms with van der Waals surface area (Å²) in [5.41, 5.74) is 1.81.